The van der Waals surface area contributed by atoms with Crippen LogP contribution in [0.2, 0.25) is 0 Å². The molecule has 0 fully saturated rings. The van der Waals surface area contributed by atoms with Gasteiger partial charge in [0, 0.05) is 18.5 Å². The molecular weight excluding hydrogens is 240 g/mol. The van der Waals surface area contributed by atoms with Gasteiger partial charge in [0.1, 0.15) is 5.82 Å². The van der Waals surface area contributed by atoms with Gasteiger partial charge in [-0.05, 0) is 25.0 Å². The van der Waals surface area contributed by atoms with Gasteiger partial charge in [-0.25, -0.2) is 4.98 Å². The number of fused-ring (bicyclic) bond motifs is 1. The van der Waals surface area contributed by atoms with Crippen LogP contribution in [-0.4, -0.2) is 28.2 Å². The molecule has 19 heavy (non-hydrogen) atoms. The van der Waals surface area contributed by atoms with Crippen LogP contribution < -0.4 is 11.1 Å². The number of hydrogen-bond acceptors (Lipinski definition) is 5. The quantitative estimate of drug-likeness (QED) is 0.664. The maximum atomic E-state index is 8.68. The summed E-state index contributed by atoms with van der Waals surface area (Å²) in [5, 5.41) is 12.8. The molecule has 0 spiro atoms. The monoisotopic (exact) mass is 260 g/mol. The molecule has 5 heteroatoms. The van der Waals surface area contributed by atoms with Gasteiger partial charge in [-0.1, -0.05) is 25.0 Å². The van der Waals surface area contributed by atoms with Crippen molar-refractivity contribution in [2.24, 2.45) is 0 Å². The van der Waals surface area contributed by atoms with Crippen LogP contribution in [0.3, 0.4) is 0 Å². The summed E-state index contributed by atoms with van der Waals surface area (Å²) in [6.45, 7) is 1.10. The predicted molar refractivity (Wildman–Crippen MR) is 78.0 cm³/mol. The van der Waals surface area contributed by atoms with Gasteiger partial charge in [0.15, 0.2) is 0 Å². The topological polar surface area (TPSA) is 84.1 Å². The zero-order chi connectivity index (χ0) is 13.5. The van der Waals surface area contributed by atoms with E-state index in [4.69, 9.17) is 10.8 Å². The van der Waals surface area contributed by atoms with Crippen molar-refractivity contribution in [1.82, 2.24) is 9.97 Å². The number of para-hydroxylation sites is 1. The summed E-state index contributed by atoms with van der Waals surface area (Å²) < 4.78 is 0. The summed E-state index contributed by atoms with van der Waals surface area (Å²) in [6, 6.07) is 7.72. The van der Waals surface area contributed by atoms with Crippen LogP contribution in [-0.2, 0) is 0 Å². The van der Waals surface area contributed by atoms with Gasteiger partial charge in [0.25, 0.3) is 0 Å². The molecule has 1 aromatic heterocycles. The van der Waals surface area contributed by atoms with E-state index in [1.54, 1.807) is 0 Å². The van der Waals surface area contributed by atoms with E-state index in [0.29, 0.717) is 11.8 Å². The molecule has 0 atom stereocenters. The Hall–Kier alpha value is -1.88. The predicted octanol–water partition coefficient (Wildman–Crippen LogP) is 2.18. The number of aliphatic hydroxyl groups is 1. The van der Waals surface area contributed by atoms with E-state index in [1.807, 2.05) is 24.3 Å². The maximum Gasteiger partial charge on any atom is 0.225 e. The van der Waals surface area contributed by atoms with E-state index in [9.17, 15) is 0 Å². The Balaban J connectivity index is 1.90. The third-order valence-corrected chi connectivity index (χ3v) is 3.00. The molecule has 4 N–H and O–H groups in total. The number of unbranched alkanes of at least 4 members (excludes halogenated alkanes) is 3. The zero-order valence-corrected chi connectivity index (χ0v) is 11.0. The van der Waals surface area contributed by atoms with Crippen molar-refractivity contribution in [1.29, 1.82) is 0 Å². The van der Waals surface area contributed by atoms with Gasteiger partial charge in [0.05, 0.1) is 5.52 Å². The fourth-order valence-electron chi connectivity index (χ4n) is 1.97. The first-order chi connectivity index (χ1) is 9.31. The van der Waals surface area contributed by atoms with E-state index in [2.05, 4.69) is 15.3 Å². The van der Waals surface area contributed by atoms with E-state index in [0.717, 1.165) is 43.1 Å². The Morgan fingerprint density at radius 3 is 2.68 bits per heavy atom. The lowest BCUT2D eigenvalue weighted by molar-refractivity contribution is 0.283. The number of nitrogens with zero attached hydrogens (tertiary/aromatic N) is 2. The SMILES string of the molecule is Nc1nc(NCCCCCCO)nc2ccccc12. The summed E-state index contributed by atoms with van der Waals surface area (Å²) in [5.41, 5.74) is 6.77. The highest BCUT2D eigenvalue weighted by atomic mass is 16.2. The van der Waals surface area contributed by atoms with Gasteiger partial charge in [0.2, 0.25) is 5.95 Å². The van der Waals surface area contributed by atoms with Crippen LogP contribution in [0.5, 0.6) is 0 Å². The molecule has 0 unspecified atom stereocenters. The summed E-state index contributed by atoms with van der Waals surface area (Å²) in [7, 11) is 0. The molecule has 0 bridgehead atoms. The molecule has 2 rings (SSSR count). The van der Waals surface area contributed by atoms with Crippen molar-refractivity contribution < 1.29 is 5.11 Å². The number of hydrogen-bond donors (Lipinski definition) is 3. The lowest BCUT2D eigenvalue weighted by Crippen LogP contribution is -2.07. The molecule has 2 aromatic rings. The molecule has 0 saturated carbocycles. The summed E-state index contributed by atoms with van der Waals surface area (Å²) in [6.07, 6.45) is 4.06. The van der Waals surface area contributed by atoms with Gasteiger partial charge in [-0.2, -0.15) is 4.98 Å². The van der Waals surface area contributed by atoms with Crippen LogP contribution >= 0.6 is 0 Å². The fraction of sp³-hybridized carbons (Fsp3) is 0.429. The molecule has 1 heterocycles. The van der Waals surface area contributed by atoms with Crippen LogP contribution in [0.1, 0.15) is 25.7 Å². The highest BCUT2D eigenvalue weighted by Gasteiger charge is 2.03. The highest BCUT2D eigenvalue weighted by molar-refractivity contribution is 5.88. The fourth-order valence-corrected chi connectivity index (χ4v) is 1.97. The van der Waals surface area contributed by atoms with Crippen LogP contribution in [0.15, 0.2) is 24.3 Å². The average molecular weight is 260 g/mol. The molecule has 0 amide bonds. The molecule has 0 aliphatic carbocycles. The Morgan fingerprint density at radius 2 is 1.84 bits per heavy atom. The summed E-state index contributed by atoms with van der Waals surface area (Å²) in [4.78, 5) is 8.68. The van der Waals surface area contributed by atoms with E-state index >= 15 is 0 Å². The van der Waals surface area contributed by atoms with Crippen molar-refractivity contribution in [3.05, 3.63) is 24.3 Å². The molecule has 0 aliphatic heterocycles. The van der Waals surface area contributed by atoms with E-state index in [-0.39, 0.29) is 6.61 Å². The highest BCUT2D eigenvalue weighted by Crippen LogP contribution is 2.18. The second-order valence-electron chi connectivity index (χ2n) is 4.51. The third kappa shape index (κ3) is 3.79. The van der Waals surface area contributed by atoms with Crippen molar-refractivity contribution in [2.45, 2.75) is 25.7 Å². The minimum atomic E-state index is 0.276. The second-order valence-corrected chi connectivity index (χ2v) is 4.51. The van der Waals surface area contributed by atoms with Gasteiger partial charge >= 0.3 is 0 Å². The number of rotatable bonds is 7. The molecule has 5 nitrogen and oxygen atoms in total. The molecule has 0 radical (unpaired) electrons. The van der Waals surface area contributed by atoms with E-state index < -0.39 is 0 Å². The largest absolute Gasteiger partial charge is 0.396 e. The Morgan fingerprint density at radius 1 is 1.05 bits per heavy atom. The average Bonchev–Trinajstić information content (AvgIpc) is 2.43. The first-order valence-electron chi connectivity index (χ1n) is 6.68. The van der Waals surface area contributed by atoms with Gasteiger partial charge < -0.3 is 16.2 Å². The Labute approximate surface area is 112 Å². The van der Waals surface area contributed by atoms with Crippen LogP contribution in [0.4, 0.5) is 11.8 Å². The number of aliphatic hydroxyl groups excluding tert-OH is 1. The van der Waals surface area contributed by atoms with Gasteiger partial charge in [-0.3, -0.25) is 0 Å². The number of nitrogen functional groups attached to an aromatic ring is 1. The molecule has 1 aromatic carbocycles. The summed E-state index contributed by atoms with van der Waals surface area (Å²) in [5.74, 6) is 1.09. The minimum absolute atomic E-state index is 0.276. The Kier molecular flexibility index (Phi) is 4.92. The zero-order valence-electron chi connectivity index (χ0n) is 11.0. The lowest BCUT2D eigenvalue weighted by atomic mass is 10.2. The summed E-state index contributed by atoms with van der Waals surface area (Å²) >= 11 is 0. The maximum absolute atomic E-state index is 8.68. The third-order valence-electron chi connectivity index (χ3n) is 3.00. The first-order valence-corrected chi connectivity index (χ1v) is 6.68. The van der Waals surface area contributed by atoms with Crippen molar-refractivity contribution in [3.8, 4) is 0 Å². The molecule has 0 aliphatic rings. The number of nitrogens with two attached hydrogens (primary N) is 1. The number of anilines is 2. The van der Waals surface area contributed by atoms with Crippen molar-refractivity contribution in [2.75, 3.05) is 24.2 Å². The lowest BCUT2D eigenvalue weighted by Gasteiger charge is -2.07. The number of nitrogens with one attached hydrogen (secondary N) is 1. The van der Waals surface area contributed by atoms with Crippen LogP contribution in [0, 0.1) is 0 Å². The Bertz CT molecular complexity index is 530. The standard InChI is InChI=1S/C14H20N4O/c15-13-11-7-3-4-8-12(11)17-14(18-13)16-9-5-1-2-6-10-19/h3-4,7-8,19H,1-2,5-6,9-10H2,(H3,15,16,17,18). The second kappa shape index (κ2) is 6.89. The molecular formula is C14H20N4O. The first kappa shape index (κ1) is 13.5. The van der Waals surface area contributed by atoms with Crippen LogP contribution in [0.25, 0.3) is 10.9 Å². The van der Waals surface area contributed by atoms with Crippen molar-refractivity contribution >= 4 is 22.7 Å². The molecule has 0 saturated heterocycles. The number of benzene rings is 1. The minimum Gasteiger partial charge on any atom is -0.396 e. The van der Waals surface area contributed by atoms with Gasteiger partial charge in [-0.15, -0.1) is 0 Å². The smallest absolute Gasteiger partial charge is 0.225 e. The van der Waals surface area contributed by atoms with E-state index in [1.165, 1.54) is 0 Å². The number of aromatic nitrogens is 2. The molecule has 102 valence electrons. The van der Waals surface area contributed by atoms with Crippen molar-refractivity contribution in [3.63, 3.8) is 0 Å². The normalized spacial score (nSPS) is 10.8.